The predicted molar refractivity (Wildman–Crippen MR) is 86.8 cm³/mol. The third kappa shape index (κ3) is 2.81. The van der Waals surface area contributed by atoms with Gasteiger partial charge >= 0.3 is 11.9 Å². The van der Waals surface area contributed by atoms with Crippen molar-refractivity contribution in [3.8, 4) is 11.3 Å². The van der Waals surface area contributed by atoms with Crippen LogP contribution in [0, 0.1) is 6.92 Å². The van der Waals surface area contributed by atoms with E-state index in [1.54, 1.807) is 6.07 Å². The second-order valence-corrected chi connectivity index (χ2v) is 5.48. The molecule has 0 radical (unpaired) electrons. The van der Waals surface area contributed by atoms with Gasteiger partial charge in [0.1, 0.15) is 0 Å². The highest BCUT2D eigenvalue weighted by Crippen LogP contribution is 2.31. The van der Waals surface area contributed by atoms with Gasteiger partial charge in [-0.25, -0.2) is 4.79 Å². The van der Waals surface area contributed by atoms with Gasteiger partial charge in [0.25, 0.3) is 0 Å². The normalized spacial score (nSPS) is 10.8. The van der Waals surface area contributed by atoms with Crippen molar-refractivity contribution < 1.29 is 19.8 Å². The van der Waals surface area contributed by atoms with E-state index in [0.717, 1.165) is 16.6 Å². The Morgan fingerprint density at radius 3 is 2.35 bits per heavy atom. The van der Waals surface area contributed by atoms with Gasteiger partial charge < -0.3 is 15.2 Å². The highest BCUT2D eigenvalue weighted by Gasteiger charge is 2.17. The van der Waals surface area contributed by atoms with Crippen molar-refractivity contribution in [2.24, 2.45) is 0 Å². The van der Waals surface area contributed by atoms with Gasteiger partial charge in [-0.1, -0.05) is 29.8 Å². The number of nitrogens with one attached hydrogen (secondary N) is 1. The molecule has 0 aliphatic heterocycles. The SMILES string of the molecule is Cc1ccc(-c2[nH]c3ccc(C(=O)O)cc3c2CC(=O)O)cc1. The Morgan fingerprint density at radius 2 is 1.74 bits per heavy atom. The molecule has 2 aromatic carbocycles. The lowest BCUT2D eigenvalue weighted by Gasteiger charge is -2.04. The molecule has 0 bridgehead atoms. The average molecular weight is 309 g/mol. The number of hydrogen-bond acceptors (Lipinski definition) is 2. The third-order valence-corrected chi connectivity index (χ3v) is 3.82. The summed E-state index contributed by atoms with van der Waals surface area (Å²) in [6, 6.07) is 12.4. The third-order valence-electron chi connectivity index (χ3n) is 3.82. The number of H-pyrrole nitrogens is 1. The smallest absolute Gasteiger partial charge is 0.335 e. The van der Waals surface area contributed by atoms with Crippen LogP contribution in [-0.4, -0.2) is 27.1 Å². The number of carboxylic acids is 2. The number of aliphatic carboxylic acids is 1. The van der Waals surface area contributed by atoms with E-state index >= 15 is 0 Å². The number of rotatable bonds is 4. The molecule has 116 valence electrons. The molecule has 0 aliphatic carbocycles. The van der Waals surface area contributed by atoms with Crippen molar-refractivity contribution in [1.82, 2.24) is 4.98 Å². The molecule has 0 unspecified atom stereocenters. The summed E-state index contributed by atoms with van der Waals surface area (Å²) in [5, 5.41) is 19.0. The van der Waals surface area contributed by atoms with Gasteiger partial charge in [-0.15, -0.1) is 0 Å². The standard InChI is InChI=1S/C18H15NO4/c1-10-2-4-11(5-3-10)17-14(9-16(20)21)13-8-12(18(22)23)6-7-15(13)19-17/h2-8,19H,9H2,1H3,(H,20,21)(H,22,23). The molecule has 1 heterocycles. The number of carbonyl (C=O) groups is 2. The molecule has 0 spiro atoms. The van der Waals surface area contributed by atoms with Crippen LogP contribution in [0.2, 0.25) is 0 Å². The van der Waals surface area contributed by atoms with Crippen molar-refractivity contribution in [3.63, 3.8) is 0 Å². The summed E-state index contributed by atoms with van der Waals surface area (Å²) >= 11 is 0. The number of aromatic nitrogens is 1. The first-order chi connectivity index (χ1) is 11.0. The zero-order valence-electron chi connectivity index (χ0n) is 12.5. The van der Waals surface area contributed by atoms with Crippen LogP contribution >= 0.6 is 0 Å². The molecule has 3 aromatic rings. The molecule has 23 heavy (non-hydrogen) atoms. The maximum atomic E-state index is 11.2. The Morgan fingerprint density at radius 1 is 1.04 bits per heavy atom. The van der Waals surface area contributed by atoms with E-state index in [4.69, 9.17) is 5.11 Å². The summed E-state index contributed by atoms with van der Waals surface area (Å²) in [5.41, 5.74) is 4.16. The van der Waals surface area contributed by atoms with Crippen molar-refractivity contribution in [2.75, 3.05) is 0 Å². The number of carboxylic acid groups (broad SMARTS) is 2. The summed E-state index contributed by atoms with van der Waals surface area (Å²) in [4.78, 5) is 25.6. The van der Waals surface area contributed by atoms with Crippen LogP contribution in [-0.2, 0) is 11.2 Å². The fourth-order valence-corrected chi connectivity index (χ4v) is 2.68. The van der Waals surface area contributed by atoms with Gasteiger partial charge in [0, 0.05) is 10.9 Å². The van der Waals surface area contributed by atoms with Crippen LogP contribution in [0.5, 0.6) is 0 Å². The highest BCUT2D eigenvalue weighted by molar-refractivity contribution is 5.99. The number of fused-ring (bicyclic) bond motifs is 1. The first-order valence-corrected chi connectivity index (χ1v) is 7.12. The molecule has 3 rings (SSSR count). The molecule has 0 saturated carbocycles. The minimum Gasteiger partial charge on any atom is -0.481 e. The Labute approximate surface area is 132 Å². The lowest BCUT2D eigenvalue weighted by atomic mass is 10.0. The number of aromatic amines is 1. The van der Waals surface area contributed by atoms with Crippen molar-refractivity contribution >= 4 is 22.8 Å². The number of hydrogen-bond donors (Lipinski definition) is 3. The zero-order valence-corrected chi connectivity index (χ0v) is 12.5. The number of aryl methyl sites for hydroxylation is 1. The van der Waals surface area contributed by atoms with E-state index in [0.29, 0.717) is 16.6 Å². The zero-order chi connectivity index (χ0) is 16.6. The number of aromatic carboxylic acids is 1. The maximum absolute atomic E-state index is 11.2. The fraction of sp³-hybridized carbons (Fsp3) is 0.111. The van der Waals surface area contributed by atoms with E-state index in [1.165, 1.54) is 12.1 Å². The minimum atomic E-state index is -1.04. The Hall–Kier alpha value is -3.08. The average Bonchev–Trinajstić information content (AvgIpc) is 2.85. The Kier molecular flexibility index (Phi) is 3.62. The van der Waals surface area contributed by atoms with Gasteiger partial charge in [-0.05, 0) is 36.2 Å². The molecule has 3 N–H and O–H groups in total. The van der Waals surface area contributed by atoms with Crippen molar-refractivity contribution in [1.29, 1.82) is 0 Å². The Bertz CT molecular complexity index is 907. The molecule has 1 aromatic heterocycles. The van der Waals surface area contributed by atoms with Crippen molar-refractivity contribution in [2.45, 2.75) is 13.3 Å². The number of benzene rings is 2. The van der Waals surface area contributed by atoms with Gasteiger partial charge in [-0.2, -0.15) is 0 Å². The highest BCUT2D eigenvalue weighted by atomic mass is 16.4. The first kappa shape index (κ1) is 14.8. The Balaban J connectivity index is 2.25. The first-order valence-electron chi connectivity index (χ1n) is 7.12. The van der Waals surface area contributed by atoms with Crippen LogP contribution in [0.15, 0.2) is 42.5 Å². The van der Waals surface area contributed by atoms with Crippen LogP contribution in [0.3, 0.4) is 0 Å². The quantitative estimate of drug-likeness (QED) is 0.688. The molecule has 0 amide bonds. The molecule has 5 nitrogen and oxygen atoms in total. The molecule has 0 saturated heterocycles. The maximum Gasteiger partial charge on any atom is 0.335 e. The second kappa shape index (κ2) is 5.61. The largest absolute Gasteiger partial charge is 0.481 e. The molecular formula is C18H15NO4. The van der Waals surface area contributed by atoms with Crippen LogP contribution in [0.4, 0.5) is 0 Å². The van der Waals surface area contributed by atoms with E-state index in [1.807, 2.05) is 31.2 Å². The predicted octanol–water partition coefficient (Wildman–Crippen LogP) is 3.47. The van der Waals surface area contributed by atoms with Crippen molar-refractivity contribution in [3.05, 3.63) is 59.2 Å². The summed E-state index contributed by atoms with van der Waals surface area (Å²) in [6.45, 7) is 1.98. The molecule has 0 atom stereocenters. The summed E-state index contributed by atoms with van der Waals surface area (Å²) in [7, 11) is 0. The fourth-order valence-electron chi connectivity index (χ4n) is 2.68. The van der Waals surface area contributed by atoms with Crippen LogP contribution < -0.4 is 0 Å². The topological polar surface area (TPSA) is 90.4 Å². The molecule has 0 aliphatic rings. The lowest BCUT2D eigenvalue weighted by Crippen LogP contribution is -2.01. The van der Waals surface area contributed by atoms with E-state index in [2.05, 4.69) is 4.98 Å². The summed E-state index contributed by atoms with van der Waals surface area (Å²) in [6.07, 6.45) is -0.174. The molecule has 0 fully saturated rings. The monoisotopic (exact) mass is 309 g/mol. The molecule has 5 heteroatoms. The van der Waals surface area contributed by atoms with Crippen LogP contribution in [0.25, 0.3) is 22.2 Å². The molecular weight excluding hydrogens is 294 g/mol. The van der Waals surface area contributed by atoms with Crippen LogP contribution in [0.1, 0.15) is 21.5 Å². The summed E-state index contributed by atoms with van der Waals surface area (Å²) in [5.74, 6) is -1.99. The van der Waals surface area contributed by atoms with Gasteiger partial charge in [0.15, 0.2) is 0 Å². The summed E-state index contributed by atoms with van der Waals surface area (Å²) < 4.78 is 0. The second-order valence-electron chi connectivity index (χ2n) is 5.48. The van der Waals surface area contributed by atoms with Gasteiger partial charge in [0.05, 0.1) is 17.7 Å². The van der Waals surface area contributed by atoms with Gasteiger partial charge in [0.2, 0.25) is 0 Å². The minimum absolute atomic E-state index is 0.138. The lowest BCUT2D eigenvalue weighted by molar-refractivity contribution is -0.136. The van der Waals surface area contributed by atoms with E-state index in [-0.39, 0.29) is 12.0 Å². The van der Waals surface area contributed by atoms with Gasteiger partial charge in [-0.3, -0.25) is 4.79 Å². The van der Waals surface area contributed by atoms with E-state index < -0.39 is 11.9 Å². The van der Waals surface area contributed by atoms with E-state index in [9.17, 15) is 14.7 Å².